The first-order chi connectivity index (χ1) is 13.5. The maximum atomic E-state index is 6.04. The van der Waals surface area contributed by atoms with E-state index in [1.54, 1.807) is 5.57 Å². The first-order valence-corrected chi connectivity index (χ1v) is 12.6. The normalized spacial score (nSPS) is 44.4. The van der Waals surface area contributed by atoms with Crippen LogP contribution in [0.4, 0.5) is 0 Å². The van der Waals surface area contributed by atoms with Crippen molar-refractivity contribution < 1.29 is 4.74 Å². The molecule has 0 heterocycles. The quantitative estimate of drug-likeness (QED) is 0.469. The van der Waals surface area contributed by atoms with E-state index in [0.29, 0.717) is 28.3 Å². The Labute approximate surface area is 180 Å². The Morgan fingerprint density at radius 3 is 2.34 bits per heavy atom. The van der Waals surface area contributed by atoms with Crippen LogP contribution >= 0.6 is 0 Å². The van der Waals surface area contributed by atoms with Crippen LogP contribution < -0.4 is 0 Å². The van der Waals surface area contributed by atoms with Gasteiger partial charge < -0.3 is 4.74 Å². The van der Waals surface area contributed by atoms with Gasteiger partial charge in [0.15, 0.2) is 0 Å². The lowest BCUT2D eigenvalue weighted by atomic mass is 9.46. The maximum Gasteiger partial charge on any atom is 0.0519 e. The minimum Gasteiger partial charge on any atom is -0.379 e. The predicted octanol–water partition coefficient (Wildman–Crippen LogP) is 7.82. The van der Waals surface area contributed by atoms with Crippen LogP contribution in [0.15, 0.2) is 23.3 Å². The molecule has 4 aliphatic carbocycles. The van der Waals surface area contributed by atoms with Gasteiger partial charge >= 0.3 is 0 Å². The second-order valence-corrected chi connectivity index (χ2v) is 12.5. The van der Waals surface area contributed by atoms with Gasteiger partial charge in [0.1, 0.15) is 0 Å². The van der Waals surface area contributed by atoms with Gasteiger partial charge in [0, 0.05) is 6.61 Å². The van der Waals surface area contributed by atoms with Crippen molar-refractivity contribution in [1.82, 2.24) is 0 Å². The highest BCUT2D eigenvalue weighted by atomic mass is 16.5. The highest BCUT2D eigenvalue weighted by molar-refractivity contribution is 5.41. The second-order valence-electron chi connectivity index (χ2n) is 12.5. The molecule has 0 bridgehead atoms. The maximum absolute atomic E-state index is 6.04. The fourth-order valence-corrected chi connectivity index (χ4v) is 8.31. The molecule has 4 aliphatic rings. The van der Waals surface area contributed by atoms with Gasteiger partial charge in [0.05, 0.1) is 6.10 Å². The minimum atomic E-state index is 0.344. The average Bonchev–Trinajstić information content (AvgIpc) is 3.00. The van der Waals surface area contributed by atoms with E-state index in [-0.39, 0.29) is 0 Å². The zero-order valence-electron chi connectivity index (χ0n) is 20.5. The van der Waals surface area contributed by atoms with Gasteiger partial charge in [-0.25, -0.2) is 0 Å². The summed E-state index contributed by atoms with van der Waals surface area (Å²) in [5.41, 5.74) is 4.80. The summed E-state index contributed by atoms with van der Waals surface area (Å²) in [7, 11) is 0. The number of hydrogen-bond donors (Lipinski definition) is 0. The van der Waals surface area contributed by atoms with E-state index in [1.807, 2.05) is 5.57 Å². The Bertz CT molecular complexity index is 697. The van der Waals surface area contributed by atoms with Gasteiger partial charge in [-0.05, 0) is 98.2 Å². The van der Waals surface area contributed by atoms with Gasteiger partial charge in [0.2, 0.25) is 0 Å². The predicted molar refractivity (Wildman–Crippen MR) is 124 cm³/mol. The average molecular weight is 399 g/mol. The largest absolute Gasteiger partial charge is 0.379 e. The van der Waals surface area contributed by atoms with Gasteiger partial charge in [-0.3, -0.25) is 0 Å². The summed E-state index contributed by atoms with van der Waals surface area (Å²) in [5, 5.41) is 0. The first kappa shape index (κ1) is 21.7. The smallest absolute Gasteiger partial charge is 0.0519 e. The van der Waals surface area contributed by atoms with E-state index < -0.39 is 0 Å². The molecule has 1 heteroatoms. The van der Waals surface area contributed by atoms with E-state index in [2.05, 4.69) is 67.5 Å². The molecule has 0 spiro atoms. The molecule has 3 fully saturated rings. The molecule has 0 aromatic heterocycles. The summed E-state index contributed by atoms with van der Waals surface area (Å²) in [6.45, 7) is 20.5. The van der Waals surface area contributed by atoms with Crippen LogP contribution in [0.5, 0.6) is 0 Å². The Kier molecular flexibility index (Phi) is 5.42. The van der Waals surface area contributed by atoms with Crippen LogP contribution in [-0.2, 0) is 4.74 Å². The van der Waals surface area contributed by atoms with Crippen LogP contribution in [0.3, 0.4) is 0 Å². The van der Waals surface area contributed by atoms with E-state index in [9.17, 15) is 0 Å². The van der Waals surface area contributed by atoms with Crippen molar-refractivity contribution in [2.24, 2.45) is 45.8 Å². The fraction of sp³-hybridized carbons (Fsp3) is 0.857. The van der Waals surface area contributed by atoms with Crippen molar-refractivity contribution in [3.05, 3.63) is 23.3 Å². The topological polar surface area (TPSA) is 9.23 Å². The zero-order valence-corrected chi connectivity index (χ0v) is 20.5. The number of fused-ring (bicyclic) bond motifs is 5. The Balaban J connectivity index is 1.63. The van der Waals surface area contributed by atoms with E-state index in [1.165, 1.54) is 38.5 Å². The van der Waals surface area contributed by atoms with Crippen molar-refractivity contribution in [2.45, 2.75) is 100 Å². The van der Waals surface area contributed by atoms with Crippen molar-refractivity contribution in [1.29, 1.82) is 0 Å². The van der Waals surface area contributed by atoms with Crippen molar-refractivity contribution in [3.8, 4) is 0 Å². The number of ether oxygens (including phenoxy) is 1. The molecular formula is C28H46O. The molecule has 7 atom stereocenters. The highest BCUT2D eigenvalue weighted by Crippen LogP contribution is 2.68. The molecule has 7 unspecified atom stereocenters. The Morgan fingerprint density at radius 2 is 1.66 bits per heavy atom. The van der Waals surface area contributed by atoms with E-state index >= 15 is 0 Å². The molecule has 3 saturated carbocycles. The molecule has 4 rings (SSSR count). The Hall–Kier alpha value is -0.560. The lowest BCUT2D eigenvalue weighted by molar-refractivity contribution is -0.00622. The third kappa shape index (κ3) is 3.20. The van der Waals surface area contributed by atoms with Gasteiger partial charge in [-0.2, -0.15) is 0 Å². The van der Waals surface area contributed by atoms with Crippen LogP contribution in [0, 0.1) is 45.8 Å². The van der Waals surface area contributed by atoms with E-state index in [4.69, 9.17) is 4.74 Å². The van der Waals surface area contributed by atoms with Crippen LogP contribution in [0.1, 0.15) is 93.9 Å². The molecule has 0 radical (unpaired) electrons. The van der Waals surface area contributed by atoms with Gasteiger partial charge in [-0.1, -0.05) is 64.8 Å². The van der Waals surface area contributed by atoms with Crippen molar-refractivity contribution in [2.75, 3.05) is 6.61 Å². The highest BCUT2D eigenvalue weighted by Gasteiger charge is 2.58. The van der Waals surface area contributed by atoms with Crippen LogP contribution in [0.25, 0.3) is 0 Å². The molecular weight excluding hydrogens is 352 g/mol. The Morgan fingerprint density at radius 1 is 0.931 bits per heavy atom. The molecule has 0 saturated heterocycles. The van der Waals surface area contributed by atoms with Crippen LogP contribution in [-0.4, -0.2) is 12.7 Å². The number of hydrogen-bond acceptors (Lipinski definition) is 1. The lowest BCUT2D eigenvalue weighted by Crippen LogP contribution is -2.49. The number of allylic oxidation sites excluding steroid dienone is 4. The summed E-state index contributed by atoms with van der Waals surface area (Å²) >= 11 is 0. The second kappa shape index (κ2) is 7.25. The van der Waals surface area contributed by atoms with Gasteiger partial charge in [0.25, 0.3) is 0 Å². The fourth-order valence-electron chi connectivity index (χ4n) is 8.31. The number of rotatable bonds is 4. The third-order valence-electron chi connectivity index (χ3n) is 10.4. The molecule has 0 N–H and O–H groups in total. The van der Waals surface area contributed by atoms with Crippen LogP contribution in [0.2, 0.25) is 0 Å². The first-order valence-electron chi connectivity index (χ1n) is 12.6. The lowest BCUT2D eigenvalue weighted by Gasteiger charge is -2.59. The SMILES string of the molecule is CC(C)OCC(C)C1CCC2C3=CC=C4C(C)(C)C(C)CCC4(C)C3CCC21C. The monoisotopic (exact) mass is 398 g/mol. The molecule has 1 nitrogen and oxygen atoms in total. The molecule has 29 heavy (non-hydrogen) atoms. The molecule has 164 valence electrons. The minimum absolute atomic E-state index is 0.344. The molecule has 0 aromatic carbocycles. The third-order valence-corrected chi connectivity index (χ3v) is 10.4. The summed E-state index contributed by atoms with van der Waals surface area (Å²) in [5.74, 6) is 3.86. The summed E-state index contributed by atoms with van der Waals surface area (Å²) in [4.78, 5) is 0. The van der Waals surface area contributed by atoms with E-state index in [0.717, 1.165) is 30.3 Å². The summed E-state index contributed by atoms with van der Waals surface area (Å²) in [6.07, 6.45) is 13.9. The summed E-state index contributed by atoms with van der Waals surface area (Å²) in [6, 6.07) is 0. The molecule has 0 amide bonds. The summed E-state index contributed by atoms with van der Waals surface area (Å²) < 4.78 is 6.04. The zero-order chi connectivity index (χ0) is 21.2. The molecule has 0 aliphatic heterocycles. The van der Waals surface area contributed by atoms with Crippen molar-refractivity contribution in [3.63, 3.8) is 0 Å². The van der Waals surface area contributed by atoms with Crippen molar-refractivity contribution >= 4 is 0 Å². The standard InChI is InChI=1S/C28H46O/c1-18(2)29-17-19(3)22-10-11-23-21-9-12-25-26(5,6)20(4)13-15-28(25,8)24(21)14-16-27(22,23)7/h9,12,18-20,22-24H,10-11,13-17H2,1-8H3. The van der Waals surface area contributed by atoms with Gasteiger partial charge in [-0.15, -0.1) is 0 Å². The molecule has 0 aromatic rings.